The molecule has 0 radical (unpaired) electrons. The molecular weight excluding hydrogens is 486 g/mol. The Morgan fingerprint density at radius 1 is 1.09 bits per heavy atom. The van der Waals surface area contributed by atoms with Crippen LogP contribution in [0.4, 0.5) is 11.4 Å². The molecule has 2 aromatic carbocycles. The van der Waals surface area contributed by atoms with E-state index in [-0.39, 0.29) is 28.2 Å². The van der Waals surface area contributed by atoms with Crippen molar-refractivity contribution < 1.29 is 14.4 Å². The van der Waals surface area contributed by atoms with Gasteiger partial charge in [-0.1, -0.05) is 54.3 Å². The van der Waals surface area contributed by atoms with Gasteiger partial charge in [-0.15, -0.1) is 0 Å². The van der Waals surface area contributed by atoms with E-state index in [0.717, 1.165) is 42.8 Å². The zero-order valence-electron chi connectivity index (χ0n) is 19.2. The van der Waals surface area contributed by atoms with Crippen LogP contribution in [0.2, 0.25) is 5.02 Å². The molecule has 0 saturated heterocycles. The first-order chi connectivity index (χ1) is 16.8. The summed E-state index contributed by atoms with van der Waals surface area (Å²) in [5.74, 6) is -1.70. The fourth-order valence-corrected chi connectivity index (χ4v) is 5.11. The Morgan fingerprint density at radius 3 is 2.29 bits per heavy atom. The fourth-order valence-electron chi connectivity index (χ4n) is 4.24. The topological polar surface area (TPSA) is 131 Å². The third-order valence-corrected chi connectivity index (χ3v) is 7.18. The van der Waals surface area contributed by atoms with E-state index in [4.69, 9.17) is 23.1 Å². The molecular formula is C25H26ClN5O3S. The van der Waals surface area contributed by atoms with Gasteiger partial charge in [-0.2, -0.15) is 4.37 Å². The summed E-state index contributed by atoms with van der Waals surface area (Å²) in [5, 5.41) is 3.62. The van der Waals surface area contributed by atoms with Crippen molar-refractivity contribution in [1.29, 1.82) is 0 Å². The molecule has 182 valence electrons. The smallest absolute Gasteiger partial charge is 0.273 e. The second-order valence-electron chi connectivity index (χ2n) is 8.59. The zero-order valence-corrected chi connectivity index (χ0v) is 20.7. The van der Waals surface area contributed by atoms with E-state index in [0.29, 0.717) is 16.3 Å². The summed E-state index contributed by atoms with van der Waals surface area (Å²) in [6.45, 7) is 1.93. The molecule has 1 fully saturated rings. The number of anilines is 2. The number of rotatable bonds is 7. The standard InChI is InChI=1S/C25H26ClN5O3S/c1-14-6-12-18(13-7-14)31(25(34)22-19(27)20(23(28)32)30-35-22)21(15-8-10-16(26)11-9-15)24(33)29-17-4-2-3-5-17/h6-13,17,21H,2-5,27H2,1H3,(H2,28,32)(H,29,33). The minimum absolute atomic E-state index is 0.0343. The van der Waals surface area contributed by atoms with E-state index in [1.807, 2.05) is 19.1 Å². The van der Waals surface area contributed by atoms with E-state index in [2.05, 4.69) is 9.69 Å². The number of hydrogen-bond acceptors (Lipinski definition) is 6. The molecule has 1 aromatic heterocycles. The largest absolute Gasteiger partial charge is 0.395 e. The van der Waals surface area contributed by atoms with Crippen molar-refractivity contribution in [3.8, 4) is 0 Å². The van der Waals surface area contributed by atoms with Crippen molar-refractivity contribution in [2.45, 2.75) is 44.7 Å². The number of amides is 3. The highest BCUT2D eigenvalue weighted by Gasteiger charge is 2.37. The first kappa shape index (κ1) is 24.7. The molecule has 1 atom stereocenters. The number of primary amides is 1. The molecule has 3 amide bonds. The Kier molecular flexibility index (Phi) is 7.37. The predicted octanol–water partition coefficient (Wildman–Crippen LogP) is 4.23. The zero-order chi connectivity index (χ0) is 25.1. The molecule has 4 rings (SSSR count). The van der Waals surface area contributed by atoms with Crippen LogP contribution in [0.5, 0.6) is 0 Å². The van der Waals surface area contributed by atoms with Crippen molar-refractivity contribution in [3.05, 3.63) is 75.3 Å². The van der Waals surface area contributed by atoms with Crippen LogP contribution in [-0.2, 0) is 4.79 Å². The SMILES string of the molecule is Cc1ccc(N(C(=O)c2snc(C(N)=O)c2N)C(C(=O)NC2CCCC2)c2ccc(Cl)cc2)cc1. The van der Waals surface area contributed by atoms with Crippen LogP contribution in [0.15, 0.2) is 48.5 Å². The molecule has 8 nitrogen and oxygen atoms in total. The summed E-state index contributed by atoms with van der Waals surface area (Å²) in [7, 11) is 0. The predicted molar refractivity (Wildman–Crippen MR) is 138 cm³/mol. The van der Waals surface area contributed by atoms with E-state index in [1.54, 1.807) is 36.4 Å². The Balaban J connectivity index is 1.84. The van der Waals surface area contributed by atoms with Gasteiger partial charge < -0.3 is 16.8 Å². The monoisotopic (exact) mass is 511 g/mol. The van der Waals surface area contributed by atoms with Gasteiger partial charge in [0.15, 0.2) is 5.69 Å². The minimum Gasteiger partial charge on any atom is -0.395 e. The van der Waals surface area contributed by atoms with E-state index < -0.39 is 17.9 Å². The summed E-state index contributed by atoms with van der Waals surface area (Å²) in [5.41, 5.74) is 13.3. The fraction of sp³-hybridized carbons (Fsp3) is 0.280. The van der Waals surface area contributed by atoms with Crippen LogP contribution < -0.4 is 21.7 Å². The molecule has 1 saturated carbocycles. The molecule has 10 heteroatoms. The number of benzene rings is 2. The Labute approximate surface area is 212 Å². The van der Waals surface area contributed by atoms with Crippen molar-refractivity contribution >= 4 is 52.2 Å². The van der Waals surface area contributed by atoms with Crippen LogP contribution in [0, 0.1) is 6.92 Å². The average Bonchev–Trinajstić information content (AvgIpc) is 3.48. The highest BCUT2D eigenvalue weighted by Crippen LogP contribution is 2.34. The van der Waals surface area contributed by atoms with E-state index in [1.165, 1.54) is 4.90 Å². The lowest BCUT2D eigenvalue weighted by molar-refractivity contribution is -0.123. The highest BCUT2D eigenvalue weighted by atomic mass is 35.5. The second-order valence-corrected chi connectivity index (χ2v) is 9.80. The first-order valence-corrected chi connectivity index (χ1v) is 12.4. The summed E-state index contributed by atoms with van der Waals surface area (Å²) < 4.78 is 3.97. The average molecular weight is 512 g/mol. The number of halogens is 1. The summed E-state index contributed by atoms with van der Waals surface area (Å²) in [4.78, 5) is 40.8. The molecule has 5 N–H and O–H groups in total. The number of carbonyl (C=O) groups is 3. The van der Waals surface area contributed by atoms with E-state index >= 15 is 0 Å². The number of carbonyl (C=O) groups excluding carboxylic acids is 3. The van der Waals surface area contributed by atoms with Gasteiger partial charge in [0.05, 0.1) is 5.69 Å². The van der Waals surface area contributed by atoms with Crippen molar-refractivity contribution in [1.82, 2.24) is 9.69 Å². The Morgan fingerprint density at radius 2 is 1.71 bits per heavy atom. The molecule has 3 aromatic rings. The summed E-state index contributed by atoms with van der Waals surface area (Å²) in [6, 6.07) is 13.1. The number of hydrogen-bond donors (Lipinski definition) is 3. The molecule has 0 bridgehead atoms. The lowest BCUT2D eigenvalue weighted by Crippen LogP contribution is -2.46. The number of nitrogens with two attached hydrogens (primary N) is 2. The maximum Gasteiger partial charge on any atom is 0.273 e. The molecule has 1 unspecified atom stereocenters. The maximum absolute atomic E-state index is 14.0. The number of nitrogens with one attached hydrogen (secondary N) is 1. The summed E-state index contributed by atoms with van der Waals surface area (Å²) >= 11 is 6.89. The first-order valence-electron chi connectivity index (χ1n) is 11.3. The third-order valence-electron chi connectivity index (χ3n) is 6.08. The van der Waals surface area contributed by atoms with Crippen LogP contribution in [0.3, 0.4) is 0 Å². The van der Waals surface area contributed by atoms with Crippen molar-refractivity contribution in [3.63, 3.8) is 0 Å². The van der Waals surface area contributed by atoms with Crippen molar-refractivity contribution in [2.24, 2.45) is 5.73 Å². The molecule has 1 aliphatic rings. The summed E-state index contributed by atoms with van der Waals surface area (Å²) in [6.07, 6.45) is 3.87. The van der Waals surface area contributed by atoms with Gasteiger partial charge in [0.2, 0.25) is 5.91 Å². The van der Waals surface area contributed by atoms with Crippen LogP contribution >= 0.6 is 23.1 Å². The number of nitrogens with zero attached hydrogens (tertiary/aromatic N) is 2. The van der Waals surface area contributed by atoms with Gasteiger partial charge in [-0.05, 0) is 61.1 Å². The quantitative estimate of drug-likeness (QED) is 0.436. The van der Waals surface area contributed by atoms with Crippen LogP contribution in [0.25, 0.3) is 0 Å². The van der Waals surface area contributed by atoms with Gasteiger partial charge in [0, 0.05) is 16.8 Å². The lowest BCUT2D eigenvalue weighted by atomic mass is 10.0. The second kappa shape index (κ2) is 10.5. The number of nitrogen functional groups attached to an aromatic ring is 1. The van der Waals surface area contributed by atoms with Crippen molar-refractivity contribution in [2.75, 3.05) is 10.6 Å². The Hall–Kier alpha value is -3.43. The van der Waals surface area contributed by atoms with Gasteiger partial charge in [0.25, 0.3) is 11.8 Å². The molecule has 0 spiro atoms. The molecule has 0 aliphatic heterocycles. The number of aryl methyl sites for hydroxylation is 1. The number of aromatic nitrogens is 1. The normalized spacial score (nSPS) is 14.5. The van der Waals surface area contributed by atoms with Crippen LogP contribution in [-0.4, -0.2) is 28.1 Å². The highest BCUT2D eigenvalue weighted by molar-refractivity contribution is 7.09. The third kappa shape index (κ3) is 5.31. The molecule has 1 aliphatic carbocycles. The molecule has 35 heavy (non-hydrogen) atoms. The van der Waals surface area contributed by atoms with Gasteiger partial charge in [0.1, 0.15) is 10.9 Å². The minimum atomic E-state index is -1.01. The Bertz CT molecular complexity index is 1240. The van der Waals surface area contributed by atoms with Gasteiger partial charge >= 0.3 is 0 Å². The maximum atomic E-state index is 14.0. The van der Waals surface area contributed by atoms with Gasteiger partial charge in [-0.3, -0.25) is 19.3 Å². The van der Waals surface area contributed by atoms with Crippen LogP contribution in [0.1, 0.15) is 63.0 Å². The molecule has 1 heterocycles. The van der Waals surface area contributed by atoms with E-state index in [9.17, 15) is 14.4 Å². The lowest BCUT2D eigenvalue weighted by Gasteiger charge is -2.32. The van der Waals surface area contributed by atoms with Gasteiger partial charge in [-0.25, -0.2) is 0 Å².